The topological polar surface area (TPSA) is 57.6 Å². The van der Waals surface area contributed by atoms with Gasteiger partial charge in [-0.05, 0) is 50.5 Å². The first kappa shape index (κ1) is 19.5. The van der Waals surface area contributed by atoms with Gasteiger partial charge in [0.1, 0.15) is 0 Å². The summed E-state index contributed by atoms with van der Waals surface area (Å²) in [5, 5.41) is 14.9. The van der Waals surface area contributed by atoms with Crippen molar-refractivity contribution in [3.63, 3.8) is 0 Å². The fraction of sp³-hybridized carbons (Fsp3) is 0.550. The number of nitrogens with zero attached hydrogens (tertiary/aromatic N) is 2. The second-order valence-electron chi connectivity index (χ2n) is 7.19. The normalized spacial score (nSPS) is 17.6. The number of ether oxygens (including phenoxy) is 1. The van der Waals surface area contributed by atoms with Gasteiger partial charge in [0, 0.05) is 54.0 Å². The number of halogens is 1. The lowest BCUT2D eigenvalue weighted by Crippen LogP contribution is -2.43. The van der Waals surface area contributed by atoms with E-state index < -0.39 is 6.10 Å². The Labute approximate surface area is 163 Å². The maximum Gasteiger partial charge on any atom is 0.0900 e. The maximum atomic E-state index is 9.92. The maximum absolute atomic E-state index is 9.92. The molecule has 1 aromatic heterocycles. The van der Waals surface area contributed by atoms with Crippen molar-refractivity contribution >= 4 is 32.5 Å². The van der Waals surface area contributed by atoms with E-state index >= 15 is 0 Å². The fourth-order valence-corrected chi connectivity index (χ4v) is 4.01. The van der Waals surface area contributed by atoms with Crippen molar-refractivity contribution in [2.75, 3.05) is 38.7 Å². The molecule has 0 aliphatic carbocycles. The third kappa shape index (κ3) is 4.55. The monoisotopic (exact) mass is 421 g/mol. The molecule has 3 rings (SSSR count). The van der Waals surface area contributed by atoms with Crippen LogP contribution >= 0.6 is 15.9 Å². The molecule has 1 fully saturated rings. The highest BCUT2D eigenvalue weighted by Crippen LogP contribution is 2.31. The van der Waals surface area contributed by atoms with E-state index in [4.69, 9.17) is 9.72 Å². The van der Waals surface area contributed by atoms with Crippen LogP contribution in [0.2, 0.25) is 0 Å². The summed E-state index contributed by atoms with van der Waals surface area (Å²) < 4.78 is 6.09. The molecular weight excluding hydrogens is 394 g/mol. The number of pyridine rings is 1. The lowest BCUT2D eigenvalue weighted by molar-refractivity contribution is 0.0327. The van der Waals surface area contributed by atoms with Gasteiger partial charge in [-0.1, -0.05) is 15.9 Å². The molecule has 1 saturated heterocycles. The summed E-state index contributed by atoms with van der Waals surface area (Å²) in [6.45, 7) is 7.27. The van der Waals surface area contributed by atoms with Gasteiger partial charge in [0.25, 0.3) is 0 Å². The Kier molecular flexibility index (Phi) is 6.51. The highest BCUT2D eigenvalue weighted by Gasteiger charge is 2.22. The molecule has 2 aromatic rings. The quantitative estimate of drug-likeness (QED) is 0.747. The number of β-amino-alcohol motifs (C(OH)–C–C–N with tert-alkyl or cyclic N) is 1. The van der Waals surface area contributed by atoms with Crippen LogP contribution in [0.4, 0.5) is 5.69 Å². The Morgan fingerprint density at radius 2 is 2.08 bits per heavy atom. The van der Waals surface area contributed by atoms with Gasteiger partial charge in [-0.3, -0.25) is 4.98 Å². The number of benzene rings is 1. The molecule has 1 aliphatic heterocycles. The minimum absolute atomic E-state index is 0.397. The lowest BCUT2D eigenvalue weighted by atomic mass is 10.0. The van der Waals surface area contributed by atoms with Crippen LogP contribution in [0.5, 0.6) is 0 Å². The molecule has 1 aliphatic rings. The molecule has 2 N–H and O–H groups in total. The number of fused-ring (bicyclic) bond motifs is 1. The molecule has 1 unspecified atom stereocenters. The van der Waals surface area contributed by atoms with Gasteiger partial charge in [-0.2, -0.15) is 0 Å². The Hall–Kier alpha value is -1.21. The van der Waals surface area contributed by atoms with Crippen molar-refractivity contribution in [3.05, 3.63) is 33.9 Å². The smallest absolute Gasteiger partial charge is 0.0900 e. The number of likely N-dealkylation sites (tertiary alicyclic amines) is 1. The minimum atomic E-state index is -0.407. The number of hydrogen-bond acceptors (Lipinski definition) is 5. The summed E-state index contributed by atoms with van der Waals surface area (Å²) in [6, 6.07) is 6.69. The van der Waals surface area contributed by atoms with E-state index in [1.807, 2.05) is 6.07 Å². The van der Waals surface area contributed by atoms with Crippen molar-refractivity contribution in [3.8, 4) is 0 Å². The first-order valence-corrected chi connectivity index (χ1v) is 9.99. The van der Waals surface area contributed by atoms with Crippen molar-refractivity contribution in [2.24, 2.45) is 0 Å². The Morgan fingerprint density at radius 3 is 2.77 bits per heavy atom. The zero-order chi connectivity index (χ0) is 18.7. The highest BCUT2D eigenvalue weighted by molar-refractivity contribution is 9.10. The molecule has 6 heteroatoms. The van der Waals surface area contributed by atoms with E-state index in [1.54, 1.807) is 7.11 Å². The molecule has 1 aromatic carbocycles. The zero-order valence-electron chi connectivity index (χ0n) is 15.8. The second kappa shape index (κ2) is 8.65. The van der Waals surface area contributed by atoms with Gasteiger partial charge in [0.2, 0.25) is 0 Å². The molecule has 1 atom stereocenters. The minimum Gasteiger partial charge on any atom is -0.389 e. The van der Waals surface area contributed by atoms with E-state index in [1.165, 1.54) is 16.6 Å². The molecule has 0 bridgehead atoms. The number of anilines is 1. The molecule has 2 heterocycles. The summed E-state index contributed by atoms with van der Waals surface area (Å²) in [6.07, 6.45) is 1.72. The van der Waals surface area contributed by atoms with Gasteiger partial charge < -0.3 is 20.1 Å². The Bertz CT molecular complexity index is 760. The molecule has 26 heavy (non-hydrogen) atoms. The van der Waals surface area contributed by atoms with E-state index in [0.717, 1.165) is 41.6 Å². The molecular formula is C20H28BrN3O2. The highest BCUT2D eigenvalue weighted by atomic mass is 79.9. The largest absolute Gasteiger partial charge is 0.389 e. The molecule has 0 radical (unpaired) electrons. The first-order chi connectivity index (χ1) is 12.5. The third-order valence-corrected chi connectivity index (χ3v) is 5.69. The number of nitrogens with one attached hydrogen (secondary N) is 1. The Morgan fingerprint density at radius 1 is 1.35 bits per heavy atom. The molecule has 142 valence electrons. The summed E-state index contributed by atoms with van der Waals surface area (Å²) in [4.78, 5) is 7.04. The lowest BCUT2D eigenvalue weighted by Gasteiger charge is -2.34. The second-order valence-corrected chi connectivity index (χ2v) is 8.10. The van der Waals surface area contributed by atoms with Crippen LogP contribution in [0.3, 0.4) is 0 Å². The van der Waals surface area contributed by atoms with Crippen LogP contribution in [0.25, 0.3) is 10.9 Å². The number of rotatable bonds is 6. The van der Waals surface area contributed by atoms with E-state index in [-0.39, 0.29) is 0 Å². The van der Waals surface area contributed by atoms with Gasteiger partial charge >= 0.3 is 0 Å². The van der Waals surface area contributed by atoms with Crippen LogP contribution in [0.1, 0.15) is 24.1 Å². The summed E-state index contributed by atoms with van der Waals surface area (Å²) in [7, 11) is 1.63. The van der Waals surface area contributed by atoms with Gasteiger partial charge in [0.05, 0.1) is 18.2 Å². The first-order valence-electron chi connectivity index (χ1n) is 9.20. The van der Waals surface area contributed by atoms with E-state index in [0.29, 0.717) is 19.2 Å². The number of aryl methyl sites for hydroxylation is 1. The average Bonchev–Trinajstić information content (AvgIpc) is 2.61. The van der Waals surface area contributed by atoms with Crippen LogP contribution in [-0.2, 0) is 4.74 Å². The zero-order valence-corrected chi connectivity index (χ0v) is 17.3. The van der Waals surface area contributed by atoms with E-state index in [2.05, 4.69) is 52.1 Å². The number of methoxy groups -OCH3 is 1. The number of hydrogen-bond donors (Lipinski definition) is 2. The number of aromatic nitrogens is 1. The molecule has 0 saturated carbocycles. The average molecular weight is 422 g/mol. The van der Waals surface area contributed by atoms with Crippen LogP contribution < -0.4 is 5.32 Å². The van der Waals surface area contributed by atoms with Crippen molar-refractivity contribution in [1.82, 2.24) is 9.88 Å². The fourth-order valence-electron chi connectivity index (χ4n) is 3.65. The number of aliphatic hydroxyl groups excluding tert-OH is 1. The predicted molar refractivity (Wildman–Crippen MR) is 110 cm³/mol. The standard InChI is InChI=1S/C20H28BrN3O2/c1-13-14(2)22-19-5-4-15(21)10-18(19)20(13)23-16-6-8-24(9-7-16)11-17(25)12-26-3/h4-5,10,16-17,25H,6-9,11-12H2,1-3H3,(H,22,23). The molecule has 5 nitrogen and oxygen atoms in total. The number of aliphatic hydroxyl groups is 1. The van der Waals surface area contributed by atoms with Gasteiger partial charge in [-0.25, -0.2) is 0 Å². The Balaban J connectivity index is 1.70. The van der Waals surface area contributed by atoms with Crippen molar-refractivity contribution < 1.29 is 9.84 Å². The van der Waals surface area contributed by atoms with Crippen molar-refractivity contribution in [2.45, 2.75) is 38.8 Å². The van der Waals surface area contributed by atoms with Crippen LogP contribution in [-0.4, -0.2) is 60.5 Å². The van der Waals surface area contributed by atoms with Gasteiger partial charge in [0.15, 0.2) is 0 Å². The van der Waals surface area contributed by atoms with Crippen LogP contribution in [0.15, 0.2) is 22.7 Å². The molecule has 0 spiro atoms. The van der Waals surface area contributed by atoms with Crippen molar-refractivity contribution in [1.29, 1.82) is 0 Å². The summed E-state index contributed by atoms with van der Waals surface area (Å²) >= 11 is 3.58. The third-order valence-electron chi connectivity index (χ3n) is 5.20. The van der Waals surface area contributed by atoms with Gasteiger partial charge in [-0.15, -0.1) is 0 Å². The summed E-state index contributed by atoms with van der Waals surface area (Å²) in [5.74, 6) is 0. The number of piperidine rings is 1. The predicted octanol–water partition coefficient (Wildman–Crippen LogP) is 3.50. The van der Waals surface area contributed by atoms with Crippen LogP contribution in [0, 0.1) is 13.8 Å². The summed E-state index contributed by atoms with van der Waals surface area (Å²) in [5.41, 5.74) is 4.52. The van der Waals surface area contributed by atoms with E-state index in [9.17, 15) is 5.11 Å². The SMILES string of the molecule is COCC(O)CN1CCC(Nc2c(C)c(C)nc3ccc(Br)cc23)CC1. The molecule has 0 amide bonds.